The minimum absolute atomic E-state index is 0.142. The number of carbonyl (C=O) groups is 1. The average Bonchev–Trinajstić information content (AvgIpc) is 3.16. The summed E-state index contributed by atoms with van der Waals surface area (Å²) < 4.78 is 32.5. The number of ether oxygens (including phenoxy) is 1. The van der Waals surface area contributed by atoms with Crippen LogP contribution in [0.2, 0.25) is 0 Å². The van der Waals surface area contributed by atoms with Gasteiger partial charge in [-0.25, -0.2) is 22.9 Å². The first-order valence-corrected chi connectivity index (χ1v) is 11.4. The van der Waals surface area contributed by atoms with Crippen molar-refractivity contribution >= 4 is 27.3 Å². The minimum Gasteiger partial charge on any atom is -0.465 e. The van der Waals surface area contributed by atoms with E-state index in [2.05, 4.69) is 14.4 Å². The Bertz CT molecular complexity index is 1120. The third kappa shape index (κ3) is 5.09. The Morgan fingerprint density at radius 2 is 1.86 bits per heavy atom. The number of hydrogen-bond acceptors (Lipinski definition) is 6. The zero-order chi connectivity index (χ0) is 21.0. The summed E-state index contributed by atoms with van der Waals surface area (Å²) in [4.78, 5) is 16.3. The van der Waals surface area contributed by atoms with Crippen LogP contribution in [0.3, 0.4) is 0 Å². The zero-order valence-corrected chi connectivity index (χ0v) is 18.1. The van der Waals surface area contributed by atoms with Gasteiger partial charge in [-0.2, -0.15) is 0 Å². The van der Waals surface area contributed by atoms with Gasteiger partial charge in [0.25, 0.3) is 0 Å². The molecule has 152 valence electrons. The Morgan fingerprint density at radius 1 is 1.14 bits per heavy atom. The van der Waals surface area contributed by atoms with Crippen molar-refractivity contribution in [3.8, 4) is 10.6 Å². The van der Waals surface area contributed by atoms with Gasteiger partial charge in [0, 0.05) is 23.9 Å². The number of rotatable bonds is 7. The van der Waals surface area contributed by atoms with Gasteiger partial charge in [-0.3, -0.25) is 0 Å². The molecular weight excluding hydrogens is 408 g/mol. The number of aryl methyl sites for hydroxylation is 2. The number of esters is 1. The normalized spacial score (nSPS) is 11.4. The molecule has 0 aliphatic rings. The molecular formula is C21H22N2O4S2. The number of thiazole rings is 1. The number of benzene rings is 2. The minimum atomic E-state index is -3.69. The number of nitrogens with zero attached hydrogens (tertiary/aromatic N) is 1. The molecule has 0 saturated carbocycles. The zero-order valence-electron chi connectivity index (χ0n) is 16.4. The first-order valence-electron chi connectivity index (χ1n) is 9.00. The second-order valence-electron chi connectivity index (χ2n) is 6.63. The number of methoxy groups -OCH3 is 1. The third-order valence-corrected chi connectivity index (χ3v) is 6.97. The monoisotopic (exact) mass is 430 g/mol. The van der Waals surface area contributed by atoms with Crippen LogP contribution in [0.1, 0.15) is 27.2 Å². The van der Waals surface area contributed by atoms with Gasteiger partial charge in [0.1, 0.15) is 5.01 Å². The molecule has 6 nitrogen and oxygen atoms in total. The SMILES string of the molecule is COC(=O)c1ccc(S(=O)(=O)NCCc2csc(-c3ccc(C)cc3)n2)c(C)c1. The molecule has 3 aromatic rings. The first kappa shape index (κ1) is 21.2. The van der Waals surface area contributed by atoms with Crippen LogP contribution in [0.15, 0.2) is 52.7 Å². The van der Waals surface area contributed by atoms with Gasteiger partial charge in [0.2, 0.25) is 10.0 Å². The standard InChI is InChI=1S/C21H22N2O4S2/c1-14-4-6-16(7-5-14)20-23-18(13-28-20)10-11-22-29(25,26)19-9-8-17(12-15(19)2)21(24)27-3/h4-9,12-13,22H,10-11H2,1-3H3. The molecule has 0 saturated heterocycles. The van der Waals surface area contributed by atoms with Gasteiger partial charge < -0.3 is 4.74 Å². The molecule has 1 N–H and O–H groups in total. The molecule has 1 heterocycles. The van der Waals surface area contributed by atoms with E-state index >= 15 is 0 Å². The van der Waals surface area contributed by atoms with Crippen molar-refractivity contribution < 1.29 is 17.9 Å². The fourth-order valence-corrected chi connectivity index (χ4v) is 4.95. The largest absolute Gasteiger partial charge is 0.465 e. The lowest BCUT2D eigenvalue weighted by Gasteiger charge is -2.10. The van der Waals surface area contributed by atoms with Crippen LogP contribution in [0.25, 0.3) is 10.6 Å². The first-order chi connectivity index (χ1) is 13.8. The number of hydrogen-bond donors (Lipinski definition) is 1. The average molecular weight is 431 g/mol. The Hall–Kier alpha value is -2.55. The molecule has 0 spiro atoms. The highest BCUT2D eigenvalue weighted by atomic mass is 32.2. The summed E-state index contributed by atoms with van der Waals surface area (Å²) in [6, 6.07) is 12.5. The predicted octanol–water partition coefficient (Wildman–Crippen LogP) is 3.73. The summed E-state index contributed by atoms with van der Waals surface area (Å²) in [5, 5.41) is 2.86. The maximum Gasteiger partial charge on any atom is 0.337 e. The van der Waals surface area contributed by atoms with E-state index in [-0.39, 0.29) is 11.4 Å². The van der Waals surface area contributed by atoms with Crippen LogP contribution < -0.4 is 4.72 Å². The molecule has 3 rings (SSSR count). The molecule has 0 bridgehead atoms. The van der Waals surface area contributed by atoms with E-state index in [0.717, 1.165) is 16.3 Å². The summed E-state index contributed by atoms with van der Waals surface area (Å²) in [5.74, 6) is -0.502. The van der Waals surface area contributed by atoms with Gasteiger partial charge in [-0.1, -0.05) is 29.8 Å². The summed E-state index contributed by atoms with van der Waals surface area (Å²) in [6.45, 7) is 3.92. The van der Waals surface area contributed by atoms with Gasteiger partial charge in [-0.05, 0) is 37.6 Å². The molecule has 0 unspecified atom stereocenters. The highest BCUT2D eigenvalue weighted by Gasteiger charge is 2.18. The van der Waals surface area contributed by atoms with Crippen LogP contribution in [-0.4, -0.2) is 33.0 Å². The Kier molecular flexibility index (Phi) is 6.46. The van der Waals surface area contributed by atoms with E-state index in [0.29, 0.717) is 17.5 Å². The van der Waals surface area contributed by atoms with Gasteiger partial charge in [-0.15, -0.1) is 11.3 Å². The molecule has 0 amide bonds. The molecule has 29 heavy (non-hydrogen) atoms. The van der Waals surface area contributed by atoms with Crippen molar-refractivity contribution in [2.24, 2.45) is 0 Å². The Balaban J connectivity index is 1.64. The van der Waals surface area contributed by atoms with Crippen molar-refractivity contribution in [3.05, 3.63) is 70.2 Å². The van der Waals surface area contributed by atoms with Gasteiger partial charge >= 0.3 is 5.97 Å². The maximum absolute atomic E-state index is 12.6. The molecule has 2 aromatic carbocycles. The lowest BCUT2D eigenvalue weighted by atomic mass is 10.1. The van der Waals surface area contributed by atoms with E-state index < -0.39 is 16.0 Å². The van der Waals surface area contributed by atoms with Crippen LogP contribution in [0.4, 0.5) is 0 Å². The predicted molar refractivity (Wildman–Crippen MR) is 114 cm³/mol. The lowest BCUT2D eigenvalue weighted by molar-refractivity contribution is 0.0600. The van der Waals surface area contributed by atoms with Gasteiger partial charge in [0.15, 0.2) is 0 Å². The van der Waals surface area contributed by atoms with E-state index in [9.17, 15) is 13.2 Å². The second-order valence-corrected chi connectivity index (χ2v) is 9.22. The fourth-order valence-electron chi connectivity index (χ4n) is 2.84. The number of nitrogens with one attached hydrogen (secondary N) is 1. The van der Waals surface area contributed by atoms with Crippen LogP contribution in [0, 0.1) is 13.8 Å². The topological polar surface area (TPSA) is 85.4 Å². The van der Waals surface area contributed by atoms with Crippen LogP contribution in [0.5, 0.6) is 0 Å². The Morgan fingerprint density at radius 3 is 2.52 bits per heavy atom. The van der Waals surface area contributed by atoms with E-state index in [1.807, 2.05) is 36.6 Å². The Labute approximate surface area is 174 Å². The molecule has 0 aliphatic heterocycles. The molecule has 0 atom stereocenters. The van der Waals surface area contributed by atoms with Crippen molar-refractivity contribution in [2.75, 3.05) is 13.7 Å². The van der Waals surface area contributed by atoms with Crippen molar-refractivity contribution in [1.82, 2.24) is 9.71 Å². The molecule has 8 heteroatoms. The van der Waals surface area contributed by atoms with Crippen LogP contribution in [-0.2, 0) is 21.2 Å². The second kappa shape index (κ2) is 8.86. The summed E-state index contributed by atoms with van der Waals surface area (Å²) >= 11 is 1.54. The lowest BCUT2D eigenvalue weighted by Crippen LogP contribution is -2.26. The molecule has 0 aliphatic carbocycles. The smallest absolute Gasteiger partial charge is 0.337 e. The number of sulfonamides is 1. The molecule has 0 radical (unpaired) electrons. The quantitative estimate of drug-likeness (QED) is 0.577. The molecule has 0 fully saturated rings. The number of aromatic nitrogens is 1. The van der Waals surface area contributed by atoms with Crippen LogP contribution >= 0.6 is 11.3 Å². The van der Waals surface area contributed by atoms with Crippen molar-refractivity contribution in [3.63, 3.8) is 0 Å². The third-order valence-electron chi connectivity index (χ3n) is 4.41. The summed E-state index contributed by atoms with van der Waals surface area (Å²) in [6.07, 6.45) is 0.487. The fraction of sp³-hybridized carbons (Fsp3) is 0.238. The highest BCUT2D eigenvalue weighted by Crippen LogP contribution is 2.24. The number of carbonyl (C=O) groups excluding carboxylic acids is 1. The molecule has 1 aromatic heterocycles. The van der Waals surface area contributed by atoms with E-state index in [4.69, 9.17) is 0 Å². The van der Waals surface area contributed by atoms with Crippen molar-refractivity contribution in [1.29, 1.82) is 0 Å². The van der Waals surface area contributed by atoms with Gasteiger partial charge in [0.05, 0.1) is 23.3 Å². The summed E-state index contributed by atoms with van der Waals surface area (Å²) in [5.41, 5.74) is 3.88. The van der Waals surface area contributed by atoms with E-state index in [1.165, 1.54) is 42.2 Å². The summed E-state index contributed by atoms with van der Waals surface area (Å²) in [7, 11) is -2.40. The van der Waals surface area contributed by atoms with Crippen molar-refractivity contribution in [2.45, 2.75) is 25.2 Å². The highest BCUT2D eigenvalue weighted by molar-refractivity contribution is 7.89. The maximum atomic E-state index is 12.6. The van der Waals surface area contributed by atoms with E-state index in [1.54, 1.807) is 6.92 Å².